The van der Waals surface area contributed by atoms with Crippen LogP contribution in [0.3, 0.4) is 0 Å². The zero-order chi connectivity index (χ0) is 17.0. The summed E-state index contributed by atoms with van der Waals surface area (Å²) in [6, 6.07) is 12.0. The lowest BCUT2D eigenvalue weighted by Crippen LogP contribution is -2.43. The molecule has 1 saturated heterocycles. The van der Waals surface area contributed by atoms with Crippen LogP contribution in [0.4, 0.5) is 0 Å². The number of rotatable bonds is 4. The largest absolute Gasteiger partial charge is 0.388 e. The monoisotopic (exact) mass is 344 g/mol. The molecule has 1 amide bonds. The Morgan fingerprint density at radius 2 is 2.08 bits per heavy atom. The molecule has 4 nitrogen and oxygen atoms in total. The van der Waals surface area contributed by atoms with Crippen LogP contribution in [0.2, 0.25) is 0 Å². The average molecular weight is 344 g/mol. The lowest BCUT2D eigenvalue weighted by atomic mass is 9.95. The van der Waals surface area contributed by atoms with E-state index in [0.29, 0.717) is 17.8 Å². The minimum atomic E-state index is -0.798. The van der Waals surface area contributed by atoms with Crippen molar-refractivity contribution in [2.24, 2.45) is 0 Å². The summed E-state index contributed by atoms with van der Waals surface area (Å²) in [6.45, 7) is 4.06. The van der Waals surface area contributed by atoms with E-state index in [-0.39, 0.29) is 5.91 Å². The third kappa shape index (κ3) is 4.04. The fourth-order valence-corrected chi connectivity index (χ4v) is 4.19. The van der Waals surface area contributed by atoms with Gasteiger partial charge in [-0.2, -0.15) is 0 Å². The topological polar surface area (TPSA) is 61.4 Å². The molecule has 1 aliphatic heterocycles. The van der Waals surface area contributed by atoms with Crippen LogP contribution in [-0.4, -0.2) is 36.2 Å². The molecule has 2 aromatic rings. The molecule has 1 aromatic carbocycles. The van der Waals surface area contributed by atoms with E-state index in [0.717, 1.165) is 41.9 Å². The van der Waals surface area contributed by atoms with E-state index >= 15 is 0 Å². The van der Waals surface area contributed by atoms with Crippen LogP contribution in [0.15, 0.2) is 36.4 Å². The molecule has 24 heavy (non-hydrogen) atoms. The van der Waals surface area contributed by atoms with Crippen molar-refractivity contribution in [1.82, 2.24) is 10.6 Å². The van der Waals surface area contributed by atoms with Crippen molar-refractivity contribution in [3.05, 3.63) is 46.8 Å². The fourth-order valence-electron chi connectivity index (χ4n) is 3.09. The van der Waals surface area contributed by atoms with Crippen molar-refractivity contribution in [1.29, 1.82) is 0 Å². The zero-order valence-corrected chi connectivity index (χ0v) is 14.8. The van der Waals surface area contributed by atoms with E-state index in [1.165, 1.54) is 11.3 Å². The summed E-state index contributed by atoms with van der Waals surface area (Å²) in [5.41, 5.74) is 1.44. The van der Waals surface area contributed by atoms with Gasteiger partial charge in [-0.3, -0.25) is 4.79 Å². The number of thiophene rings is 1. The highest BCUT2D eigenvalue weighted by atomic mass is 32.1. The SMILES string of the molecule is Cc1cc(C(=O)NC[C@]2(O)CCCNCC2)sc1-c1ccccc1. The van der Waals surface area contributed by atoms with E-state index < -0.39 is 5.60 Å². The number of benzene rings is 1. The van der Waals surface area contributed by atoms with Crippen LogP contribution in [-0.2, 0) is 0 Å². The number of aliphatic hydroxyl groups is 1. The summed E-state index contributed by atoms with van der Waals surface area (Å²) in [6.07, 6.45) is 2.33. The van der Waals surface area contributed by atoms with Gasteiger partial charge in [0.05, 0.1) is 10.5 Å². The van der Waals surface area contributed by atoms with Crippen molar-refractivity contribution >= 4 is 17.2 Å². The predicted octanol–water partition coefficient (Wildman–Crippen LogP) is 2.96. The molecule has 3 rings (SSSR count). The summed E-state index contributed by atoms with van der Waals surface area (Å²) in [5, 5.41) is 16.8. The van der Waals surface area contributed by atoms with Gasteiger partial charge in [-0.25, -0.2) is 0 Å². The van der Waals surface area contributed by atoms with Gasteiger partial charge in [0, 0.05) is 11.4 Å². The summed E-state index contributed by atoms with van der Waals surface area (Å²) in [4.78, 5) is 14.3. The summed E-state index contributed by atoms with van der Waals surface area (Å²) in [7, 11) is 0. The number of carbonyl (C=O) groups excluding carboxylic acids is 1. The Bertz CT molecular complexity index is 689. The third-order valence-electron chi connectivity index (χ3n) is 4.52. The number of hydrogen-bond donors (Lipinski definition) is 3. The van der Waals surface area contributed by atoms with Crippen LogP contribution in [0, 0.1) is 6.92 Å². The highest BCUT2D eigenvalue weighted by Gasteiger charge is 2.28. The molecule has 1 atom stereocenters. The molecule has 2 heterocycles. The van der Waals surface area contributed by atoms with Gasteiger partial charge in [-0.05, 0) is 56.5 Å². The first-order valence-electron chi connectivity index (χ1n) is 8.45. The van der Waals surface area contributed by atoms with Gasteiger partial charge in [0.15, 0.2) is 0 Å². The van der Waals surface area contributed by atoms with Gasteiger partial charge >= 0.3 is 0 Å². The van der Waals surface area contributed by atoms with E-state index in [1.807, 2.05) is 31.2 Å². The quantitative estimate of drug-likeness (QED) is 0.799. The molecule has 1 fully saturated rings. The van der Waals surface area contributed by atoms with Crippen LogP contribution in [0.1, 0.15) is 34.5 Å². The van der Waals surface area contributed by atoms with E-state index in [4.69, 9.17) is 0 Å². The standard InChI is InChI=1S/C19H24N2O2S/c1-14-12-16(24-17(14)15-6-3-2-4-7-15)18(22)21-13-19(23)8-5-10-20-11-9-19/h2-4,6-7,12,20,23H,5,8-11,13H2,1H3,(H,21,22)/t19-/m0/s1. The molecule has 1 aromatic heterocycles. The molecule has 1 aliphatic rings. The molecule has 0 radical (unpaired) electrons. The minimum absolute atomic E-state index is 0.101. The van der Waals surface area contributed by atoms with Gasteiger partial charge in [0.25, 0.3) is 5.91 Å². The van der Waals surface area contributed by atoms with Crippen molar-refractivity contribution in [2.45, 2.75) is 31.8 Å². The Morgan fingerprint density at radius 3 is 2.88 bits per heavy atom. The van der Waals surface area contributed by atoms with Crippen molar-refractivity contribution in [3.8, 4) is 10.4 Å². The highest BCUT2D eigenvalue weighted by molar-refractivity contribution is 7.17. The third-order valence-corrected chi connectivity index (χ3v) is 5.80. The number of carbonyl (C=O) groups is 1. The molecule has 128 valence electrons. The Balaban J connectivity index is 1.67. The van der Waals surface area contributed by atoms with Gasteiger partial charge in [0.1, 0.15) is 0 Å². The molecule has 0 bridgehead atoms. The summed E-state index contributed by atoms with van der Waals surface area (Å²) >= 11 is 1.50. The van der Waals surface area contributed by atoms with Crippen LogP contribution < -0.4 is 10.6 Å². The van der Waals surface area contributed by atoms with Crippen LogP contribution in [0.25, 0.3) is 10.4 Å². The lowest BCUT2D eigenvalue weighted by Gasteiger charge is -2.26. The van der Waals surface area contributed by atoms with Gasteiger partial charge in [-0.15, -0.1) is 11.3 Å². The van der Waals surface area contributed by atoms with E-state index in [2.05, 4.69) is 22.8 Å². The van der Waals surface area contributed by atoms with Crippen molar-refractivity contribution in [3.63, 3.8) is 0 Å². The first-order valence-corrected chi connectivity index (χ1v) is 9.26. The van der Waals surface area contributed by atoms with Gasteiger partial charge in [-0.1, -0.05) is 30.3 Å². The second-order valence-corrected chi connectivity index (χ2v) is 7.55. The maximum Gasteiger partial charge on any atom is 0.261 e. The maximum absolute atomic E-state index is 12.5. The predicted molar refractivity (Wildman–Crippen MR) is 98.5 cm³/mol. The molecular formula is C19H24N2O2S. The zero-order valence-electron chi connectivity index (χ0n) is 14.0. The number of nitrogens with one attached hydrogen (secondary N) is 2. The van der Waals surface area contributed by atoms with Crippen molar-refractivity contribution in [2.75, 3.05) is 19.6 Å². The fraction of sp³-hybridized carbons (Fsp3) is 0.421. The second kappa shape index (κ2) is 7.47. The highest BCUT2D eigenvalue weighted by Crippen LogP contribution is 2.32. The van der Waals surface area contributed by atoms with Crippen LogP contribution >= 0.6 is 11.3 Å². The van der Waals surface area contributed by atoms with E-state index in [9.17, 15) is 9.90 Å². The first-order chi connectivity index (χ1) is 11.6. The lowest BCUT2D eigenvalue weighted by molar-refractivity contribution is 0.0276. The molecule has 0 unspecified atom stereocenters. The number of amides is 1. The number of aryl methyl sites for hydroxylation is 1. The molecule has 0 saturated carbocycles. The molecular weight excluding hydrogens is 320 g/mol. The smallest absolute Gasteiger partial charge is 0.261 e. The Hall–Kier alpha value is -1.69. The Labute approximate surface area is 146 Å². The van der Waals surface area contributed by atoms with Gasteiger partial charge in [0.2, 0.25) is 0 Å². The van der Waals surface area contributed by atoms with Gasteiger partial charge < -0.3 is 15.7 Å². The Morgan fingerprint density at radius 1 is 1.29 bits per heavy atom. The molecule has 5 heteroatoms. The molecule has 0 spiro atoms. The first kappa shape index (κ1) is 17.1. The van der Waals surface area contributed by atoms with Crippen LogP contribution in [0.5, 0.6) is 0 Å². The normalized spacial score (nSPS) is 21.2. The Kier molecular flexibility index (Phi) is 5.33. The minimum Gasteiger partial charge on any atom is -0.388 e. The second-order valence-electron chi connectivity index (χ2n) is 6.50. The molecule has 0 aliphatic carbocycles. The summed E-state index contributed by atoms with van der Waals surface area (Å²) in [5.74, 6) is -0.101. The summed E-state index contributed by atoms with van der Waals surface area (Å²) < 4.78 is 0. The van der Waals surface area contributed by atoms with Crippen molar-refractivity contribution < 1.29 is 9.90 Å². The number of hydrogen-bond acceptors (Lipinski definition) is 4. The maximum atomic E-state index is 12.5. The van der Waals surface area contributed by atoms with E-state index in [1.54, 1.807) is 0 Å². The molecule has 3 N–H and O–H groups in total. The average Bonchev–Trinajstić information content (AvgIpc) is 2.85.